The van der Waals surface area contributed by atoms with Gasteiger partial charge in [-0.15, -0.1) is 0 Å². The minimum absolute atomic E-state index is 0.211. The topological polar surface area (TPSA) is 51.5 Å². The van der Waals surface area contributed by atoms with Gasteiger partial charge in [0.2, 0.25) is 5.76 Å². The lowest BCUT2D eigenvalue weighted by Gasteiger charge is -2.28. The van der Waals surface area contributed by atoms with Crippen LogP contribution in [0, 0.1) is 5.92 Å². The van der Waals surface area contributed by atoms with Gasteiger partial charge in [0.25, 0.3) is 5.91 Å². The molecule has 0 radical (unpaired) electrons. The van der Waals surface area contributed by atoms with Gasteiger partial charge in [-0.25, -0.2) is 0 Å². The fourth-order valence-corrected chi connectivity index (χ4v) is 2.82. The molecule has 0 unspecified atom stereocenters. The van der Waals surface area contributed by atoms with Crippen LogP contribution in [0.1, 0.15) is 43.2 Å². The average Bonchev–Trinajstić information content (AvgIpc) is 2.82. The van der Waals surface area contributed by atoms with Crippen molar-refractivity contribution in [2.75, 3.05) is 13.2 Å². The summed E-state index contributed by atoms with van der Waals surface area (Å²) in [6.07, 6.45) is 6.78. The normalized spacial score (nSPS) is 23.3. The Morgan fingerprint density at radius 2 is 2.32 bits per heavy atom. The van der Waals surface area contributed by atoms with Crippen LogP contribution in [-0.2, 0) is 4.74 Å². The molecule has 1 aromatic rings. The summed E-state index contributed by atoms with van der Waals surface area (Å²) in [5.74, 6) is 0.729. The molecule has 0 aromatic carbocycles. The number of hydrogen-bond donors (Lipinski definition) is 1. The number of nitrogens with one attached hydrogen (secondary N) is 1. The van der Waals surface area contributed by atoms with Crippen molar-refractivity contribution in [3.05, 3.63) is 22.6 Å². The minimum Gasteiger partial charge on any atom is -0.458 e. The molecule has 0 spiro atoms. The smallest absolute Gasteiger partial charge is 0.288 e. The molecular weight excluding hydrogens is 310 g/mol. The largest absolute Gasteiger partial charge is 0.458 e. The van der Waals surface area contributed by atoms with Gasteiger partial charge < -0.3 is 14.5 Å². The van der Waals surface area contributed by atoms with Crippen LogP contribution in [0.2, 0.25) is 0 Å². The van der Waals surface area contributed by atoms with Crippen LogP contribution in [0.15, 0.2) is 21.2 Å². The van der Waals surface area contributed by atoms with E-state index in [0.717, 1.165) is 6.42 Å². The van der Waals surface area contributed by atoms with E-state index < -0.39 is 0 Å². The van der Waals surface area contributed by atoms with E-state index in [9.17, 15) is 4.79 Å². The summed E-state index contributed by atoms with van der Waals surface area (Å²) in [6.45, 7) is 3.30. The number of furan rings is 1. The van der Waals surface area contributed by atoms with Crippen molar-refractivity contribution < 1.29 is 13.9 Å². The van der Waals surface area contributed by atoms with Gasteiger partial charge in [0.1, 0.15) is 0 Å². The Morgan fingerprint density at radius 1 is 1.53 bits per heavy atom. The molecule has 106 valence electrons. The zero-order valence-corrected chi connectivity index (χ0v) is 12.7. The van der Waals surface area contributed by atoms with E-state index in [1.165, 1.54) is 25.5 Å². The second-order valence-corrected chi connectivity index (χ2v) is 5.88. The number of amides is 1. The number of carbonyl (C=O) groups excluding carboxylic acids is 1. The Kier molecular flexibility index (Phi) is 5.45. The first kappa shape index (κ1) is 14.6. The molecule has 0 saturated heterocycles. The quantitative estimate of drug-likeness (QED) is 0.842. The highest BCUT2D eigenvalue weighted by Crippen LogP contribution is 2.26. The van der Waals surface area contributed by atoms with Crippen LogP contribution >= 0.6 is 15.9 Å². The highest BCUT2D eigenvalue weighted by Gasteiger charge is 2.21. The van der Waals surface area contributed by atoms with E-state index in [4.69, 9.17) is 9.15 Å². The molecule has 2 rings (SSSR count). The molecule has 2 atom stereocenters. The summed E-state index contributed by atoms with van der Waals surface area (Å²) in [7, 11) is 0. The van der Waals surface area contributed by atoms with E-state index in [1.807, 2.05) is 0 Å². The number of carbonyl (C=O) groups is 1. The predicted molar refractivity (Wildman–Crippen MR) is 76.1 cm³/mol. The molecule has 1 saturated carbocycles. The van der Waals surface area contributed by atoms with Crippen LogP contribution in [0.5, 0.6) is 0 Å². The van der Waals surface area contributed by atoms with Gasteiger partial charge in [-0.05, 0) is 40.8 Å². The molecule has 5 heteroatoms. The fourth-order valence-electron chi connectivity index (χ4n) is 2.44. The molecule has 4 nitrogen and oxygen atoms in total. The molecule has 1 heterocycles. The van der Waals surface area contributed by atoms with Crippen molar-refractivity contribution in [1.82, 2.24) is 5.32 Å². The number of halogens is 1. The summed E-state index contributed by atoms with van der Waals surface area (Å²) in [5.41, 5.74) is 0. The van der Waals surface area contributed by atoms with E-state index in [-0.39, 0.29) is 5.91 Å². The van der Waals surface area contributed by atoms with Crippen LogP contribution in [0.4, 0.5) is 0 Å². The molecule has 1 fully saturated rings. The Morgan fingerprint density at radius 3 is 3.00 bits per heavy atom. The molecule has 1 N–H and O–H groups in total. The lowest BCUT2D eigenvalue weighted by atomic mass is 9.88. The monoisotopic (exact) mass is 329 g/mol. The van der Waals surface area contributed by atoms with Gasteiger partial charge >= 0.3 is 0 Å². The van der Waals surface area contributed by atoms with Crippen molar-refractivity contribution in [2.45, 2.75) is 38.7 Å². The van der Waals surface area contributed by atoms with Gasteiger partial charge in [0, 0.05) is 6.54 Å². The Labute approximate surface area is 122 Å². The molecule has 1 aromatic heterocycles. The zero-order valence-electron chi connectivity index (χ0n) is 11.2. The maximum absolute atomic E-state index is 11.8. The third kappa shape index (κ3) is 4.08. The van der Waals surface area contributed by atoms with Gasteiger partial charge in [-0.2, -0.15) is 0 Å². The van der Waals surface area contributed by atoms with Crippen molar-refractivity contribution in [1.29, 1.82) is 0 Å². The molecule has 1 aliphatic rings. The van der Waals surface area contributed by atoms with Crippen molar-refractivity contribution >= 4 is 21.8 Å². The van der Waals surface area contributed by atoms with Crippen LogP contribution in [0.25, 0.3) is 0 Å². The number of ether oxygens (including phenoxy) is 1. The van der Waals surface area contributed by atoms with Gasteiger partial charge in [0.05, 0.1) is 23.4 Å². The van der Waals surface area contributed by atoms with E-state index in [2.05, 4.69) is 28.2 Å². The third-order valence-electron chi connectivity index (χ3n) is 3.58. The zero-order chi connectivity index (χ0) is 13.7. The predicted octanol–water partition coefficient (Wildman–Crippen LogP) is 3.37. The first-order valence-corrected chi connectivity index (χ1v) is 7.60. The van der Waals surface area contributed by atoms with Crippen molar-refractivity contribution in [3.8, 4) is 0 Å². The lowest BCUT2D eigenvalue weighted by molar-refractivity contribution is -0.00300. The van der Waals surface area contributed by atoms with Crippen LogP contribution in [-0.4, -0.2) is 25.2 Å². The van der Waals surface area contributed by atoms with Crippen molar-refractivity contribution in [2.24, 2.45) is 5.92 Å². The number of hydrogen-bond acceptors (Lipinski definition) is 3. The van der Waals surface area contributed by atoms with Gasteiger partial charge in [-0.3, -0.25) is 4.79 Å². The maximum atomic E-state index is 11.8. The molecule has 1 amide bonds. The molecular formula is C14H20BrNO3. The lowest BCUT2D eigenvalue weighted by Crippen LogP contribution is -2.31. The standard InChI is InChI=1S/C14H20BrNO3/c1-10-4-2-3-5-12(10)18-9-7-16-14(17)13-11(15)6-8-19-13/h6,8,10,12H,2-5,7,9H2,1H3,(H,16,17)/t10-,12+/m1/s1. The Hall–Kier alpha value is -0.810. The highest BCUT2D eigenvalue weighted by atomic mass is 79.9. The molecule has 19 heavy (non-hydrogen) atoms. The third-order valence-corrected chi connectivity index (χ3v) is 4.20. The van der Waals surface area contributed by atoms with Gasteiger partial charge in [0.15, 0.2) is 0 Å². The summed E-state index contributed by atoms with van der Waals surface area (Å²) in [4.78, 5) is 11.8. The van der Waals surface area contributed by atoms with E-state index in [1.54, 1.807) is 6.07 Å². The molecule has 0 bridgehead atoms. The highest BCUT2D eigenvalue weighted by molar-refractivity contribution is 9.10. The maximum Gasteiger partial charge on any atom is 0.288 e. The van der Waals surface area contributed by atoms with E-state index >= 15 is 0 Å². The summed E-state index contributed by atoms with van der Waals surface area (Å²) in [5, 5.41) is 2.79. The minimum atomic E-state index is -0.211. The van der Waals surface area contributed by atoms with Crippen LogP contribution in [0.3, 0.4) is 0 Å². The first-order valence-electron chi connectivity index (χ1n) is 6.81. The summed E-state index contributed by atoms with van der Waals surface area (Å²) >= 11 is 3.26. The summed E-state index contributed by atoms with van der Waals surface area (Å²) < 4.78 is 11.6. The SMILES string of the molecule is C[C@@H]1CCCC[C@@H]1OCCNC(=O)c1occc1Br. The second kappa shape index (κ2) is 7.10. The van der Waals surface area contributed by atoms with Crippen molar-refractivity contribution in [3.63, 3.8) is 0 Å². The number of rotatable bonds is 5. The van der Waals surface area contributed by atoms with Crippen LogP contribution < -0.4 is 5.32 Å². The Balaban J connectivity index is 1.67. The Bertz CT molecular complexity index is 419. The fraction of sp³-hybridized carbons (Fsp3) is 0.643. The summed E-state index contributed by atoms with van der Waals surface area (Å²) in [6, 6.07) is 1.70. The first-order chi connectivity index (χ1) is 9.18. The second-order valence-electron chi connectivity index (χ2n) is 5.02. The average molecular weight is 330 g/mol. The van der Waals surface area contributed by atoms with Gasteiger partial charge in [-0.1, -0.05) is 19.8 Å². The van der Waals surface area contributed by atoms with E-state index in [0.29, 0.717) is 35.4 Å². The molecule has 1 aliphatic carbocycles. The molecule has 0 aliphatic heterocycles.